The third-order valence-corrected chi connectivity index (χ3v) is 7.60. The number of rotatable bonds is 7. The van der Waals surface area contributed by atoms with Crippen molar-refractivity contribution in [2.75, 3.05) is 22.4 Å². The van der Waals surface area contributed by atoms with Crippen LogP contribution in [0.4, 0.5) is 11.4 Å². The van der Waals surface area contributed by atoms with Gasteiger partial charge in [0.25, 0.3) is 10.0 Å². The molecule has 1 amide bonds. The molecule has 0 radical (unpaired) electrons. The highest BCUT2D eigenvalue weighted by Crippen LogP contribution is 2.24. The molecule has 9 nitrogen and oxygen atoms in total. The quantitative estimate of drug-likeness (QED) is 0.403. The molecule has 2 heterocycles. The molecule has 0 fully saturated rings. The van der Waals surface area contributed by atoms with Gasteiger partial charge in [0.2, 0.25) is 5.91 Å². The van der Waals surface area contributed by atoms with Crippen molar-refractivity contribution < 1.29 is 13.2 Å². The summed E-state index contributed by atoms with van der Waals surface area (Å²) >= 11 is 1.23. The van der Waals surface area contributed by atoms with E-state index in [9.17, 15) is 13.2 Å². The van der Waals surface area contributed by atoms with Crippen LogP contribution in [-0.2, 0) is 14.8 Å². The molecule has 0 unspecified atom stereocenters. The molecule has 2 aromatic heterocycles. The first-order chi connectivity index (χ1) is 15.8. The van der Waals surface area contributed by atoms with Crippen molar-refractivity contribution in [1.82, 2.24) is 19.6 Å². The smallest absolute Gasteiger partial charge is 0.264 e. The van der Waals surface area contributed by atoms with E-state index in [0.29, 0.717) is 22.2 Å². The molecule has 33 heavy (non-hydrogen) atoms. The van der Waals surface area contributed by atoms with Gasteiger partial charge in [-0.2, -0.15) is 0 Å². The summed E-state index contributed by atoms with van der Waals surface area (Å²) in [5.41, 5.74) is 2.45. The fourth-order valence-corrected chi connectivity index (χ4v) is 5.32. The number of hydrogen-bond acceptors (Lipinski definition) is 7. The van der Waals surface area contributed by atoms with Gasteiger partial charge in [0.15, 0.2) is 10.8 Å². The van der Waals surface area contributed by atoms with E-state index in [2.05, 4.69) is 20.5 Å². The van der Waals surface area contributed by atoms with Crippen LogP contribution in [0.15, 0.2) is 70.7 Å². The molecule has 11 heteroatoms. The van der Waals surface area contributed by atoms with Crippen molar-refractivity contribution in [3.63, 3.8) is 0 Å². The number of para-hydroxylation sites is 1. The first-order valence-electron chi connectivity index (χ1n) is 10.0. The molecule has 0 spiro atoms. The van der Waals surface area contributed by atoms with Crippen molar-refractivity contribution >= 4 is 44.7 Å². The third kappa shape index (κ3) is 4.83. The Balaban J connectivity index is 1.46. The number of amides is 1. The molecule has 0 aliphatic carbocycles. The first kappa shape index (κ1) is 22.7. The minimum Gasteiger partial charge on any atom is -0.325 e. The lowest BCUT2D eigenvalue weighted by molar-refractivity contribution is -0.113. The van der Waals surface area contributed by atoms with Gasteiger partial charge in [-0.1, -0.05) is 36.0 Å². The number of sulfonamides is 1. The molecular weight excluding hydrogens is 460 g/mol. The van der Waals surface area contributed by atoms with Crippen molar-refractivity contribution in [3.8, 4) is 0 Å². The number of thioether (sulfide) groups is 1. The molecule has 1 N–H and O–H groups in total. The maximum absolute atomic E-state index is 13.0. The average molecular weight is 483 g/mol. The van der Waals surface area contributed by atoms with Gasteiger partial charge in [-0.3, -0.25) is 13.5 Å². The van der Waals surface area contributed by atoms with Gasteiger partial charge < -0.3 is 5.32 Å². The van der Waals surface area contributed by atoms with Crippen LogP contribution in [0.1, 0.15) is 11.5 Å². The van der Waals surface area contributed by atoms with Crippen LogP contribution in [0, 0.1) is 13.8 Å². The molecule has 2 aromatic carbocycles. The highest BCUT2D eigenvalue weighted by Gasteiger charge is 2.22. The molecule has 170 valence electrons. The van der Waals surface area contributed by atoms with Crippen LogP contribution in [0.5, 0.6) is 0 Å². The summed E-state index contributed by atoms with van der Waals surface area (Å²) in [6.07, 6.45) is 0. The second kappa shape index (κ2) is 9.20. The van der Waals surface area contributed by atoms with Crippen LogP contribution in [0.25, 0.3) is 5.65 Å². The summed E-state index contributed by atoms with van der Waals surface area (Å²) in [5, 5.41) is 11.6. The van der Waals surface area contributed by atoms with Gasteiger partial charge in [0, 0.05) is 24.5 Å². The number of nitrogens with zero attached hydrogens (tertiary/aromatic N) is 5. The number of fused-ring (bicyclic) bond motifs is 1. The van der Waals surface area contributed by atoms with E-state index in [-0.39, 0.29) is 16.6 Å². The first-order valence-corrected chi connectivity index (χ1v) is 12.4. The van der Waals surface area contributed by atoms with Gasteiger partial charge in [0.05, 0.1) is 16.3 Å². The Morgan fingerprint density at radius 1 is 1.06 bits per heavy atom. The van der Waals surface area contributed by atoms with E-state index in [4.69, 9.17) is 0 Å². The van der Waals surface area contributed by atoms with Crippen molar-refractivity contribution in [2.45, 2.75) is 23.9 Å². The molecular formula is C22H22N6O3S2. The van der Waals surface area contributed by atoms with Crippen LogP contribution in [0.2, 0.25) is 0 Å². The zero-order valence-corrected chi connectivity index (χ0v) is 19.9. The van der Waals surface area contributed by atoms with E-state index in [0.717, 1.165) is 11.5 Å². The Labute approximate surface area is 195 Å². The van der Waals surface area contributed by atoms with Crippen LogP contribution in [0.3, 0.4) is 0 Å². The standard InChI is InChI=1S/C22H22N6O3S2/c1-15-12-20-25-26-22(28(20)16(2)23-15)32-14-21(29)24-17-8-7-11-19(13-17)33(30,31)27(3)18-9-5-4-6-10-18/h4-13H,14H2,1-3H3,(H,24,29). The topological polar surface area (TPSA) is 110 Å². The van der Waals surface area contributed by atoms with E-state index < -0.39 is 10.0 Å². The number of benzene rings is 2. The molecule has 0 aliphatic heterocycles. The third-order valence-electron chi connectivity index (χ3n) is 4.89. The maximum Gasteiger partial charge on any atom is 0.264 e. The summed E-state index contributed by atoms with van der Waals surface area (Å²) in [7, 11) is -2.29. The predicted octanol–water partition coefficient (Wildman–Crippen LogP) is 3.30. The number of hydrogen-bond donors (Lipinski definition) is 1. The minimum atomic E-state index is -3.78. The van der Waals surface area contributed by atoms with E-state index in [1.807, 2.05) is 26.0 Å². The SMILES string of the molecule is Cc1cc2nnc(SCC(=O)Nc3cccc(S(=O)(=O)N(C)c4ccccc4)c3)n2c(C)n1. The summed E-state index contributed by atoms with van der Waals surface area (Å²) in [6.45, 7) is 3.74. The summed E-state index contributed by atoms with van der Waals surface area (Å²) in [4.78, 5) is 17.0. The monoisotopic (exact) mass is 482 g/mol. The Hall–Kier alpha value is -3.44. The van der Waals surface area contributed by atoms with Gasteiger partial charge >= 0.3 is 0 Å². The van der Waals surface area contributed by atoms with Gasteiger partial charge in [-0.05, 0) is 44.2 Å². The second-order valence-corrected chi connectivity index (χ2v) is 10.2. The second-order valence-electron chi connectivity index (χ2n) is 7.29. The number of nitrogens with one attached hydrogen (secondary N) is 1. The number of aromatic nitrogens is 4. The van der Waals surface area contributed by atoms with E-state index in [1.54, 1.807) is 40.8 Å². The minimum absolute atomic E-state index is 0.0784. The predicted molar refractivity (Wildman–Crippen MR) is 128 cm³/mol. The highest BCUT2D eigenvalue weighted by atomic mass is 32.2. The maximum atomic E-state index is 13.0. The lowest BCUT2D eigenvalue weighted by Crippen LogP contribution is -2.26. The number of aryl methyl sites for hydroxylation is 2. The molecule has 4 aromatic rings. The Bertz CT molecular complexity index is 1420. The van der Waals surface area contributed by atoms with Gasteiger partial charge in [-0.25, -0.2) is 13.4 Å². The number of carbonyl (C=O) groups is 1. The zero-order valence-electron chi connectivity index (χ0n) is 18.3. The van der Waals surface area contributed by atoms with Gasteiger partial charge in [-0.15, -0.1) is 10.2 Å². The van der Waals surface area contributed by atoms with Crippen LogP contribution >= 0.6 is 11.8 Å². The lowest BCUT2D eigenvalue weighted by atomic mass is 10.3. The summed E-state index contributed by atoms with van der Waals surface area (Å²) in [5.74, 6) is 0.522. The highest BCUT2D eigenvalue weighted by molar-refractivity contribution is 7.99. The Morgan fingerprint density at radius 2 is 1.82 bits per heavy atom. The summed E-state index contributed by atoms with van der Waals surface area (Å²) in [6, 6.07) is 16.8. The van der Waals surface area contributed by atoms with Crippen LogP contribution in [-0.4, -0.2) is 46.7 Å². The normalized spacial score (nSPS) is 11.5. The number of carbonyl (C=O) groups excluding carboxylic acids is 1. The number of anilines is 2. The largest absolute Gasteiger partial charge is 0.325 e. The molecule has 0 saturated heterocycles. The van der Waals surface area contributed by atoms with E-state index >= 15 is 0 Å². The molecule has 0 bridgehead atoms. The summed E-state index contributed by atoms with van der Waals surface area (Å²) < 4.78 is 29.0. The molecule has 4 rings (SSSR count). The van der Waals surface area contributed by atoms with Crippen molar-refractivity contribution in [2.24, 2.45) is 0 Å². The lowest BCUT2D eigenvalue weighted by Gasteiger charge is -2.19. The average Bonchev–Trinajstić information content (AvgIpc) is 3.21. The fraction of sp³-hybridized carbons (Fsp3) is 0.182. The molecule has 0 saturated carbocycles. The fourth-order valence-electron chi connectivity index (χ4n) is 3.29. The van der Waals surface area contributed by atoms with E-state index in [1.165, 1.54) is 35.2 Å². The Kier molecular flexibility index (Phi) is 6.34. The van der Waals surface area contributed by atoms with Gasteiger partial charge in [0.1, 0.15) is 5.82 Å². The molecule has 0 atom stereocenters. The zero-order chi connectivity index (χ0) is 23.6. The van der Waals surface area contributed by atoms with Crippen molar-refractivity contribution in [1.29, 1.82) is 0 Å². The molecule has 0 aliphatic rings. The van der Waals surface area contributed by atoms with Crippen LogP contribution < -0.4 is 9.62 Å². The Morgan fingerprint density at radius 3 is 2.58 bits per heavy atom. The van der Waals surface area contributed by atoms with Crippen molar-refractivity contribution in [3.05, 3.63) is 72.2 Å².